The number of amides is 1. The standard InChI is InChI=1S/C25H22N4O3/c1-17-7-3-4-8-21(17)25(30)27-26-15-23-18(2)28(24-10-6-5-9-22(23)24)16-19-11-13-20(14-12-19)29(31)32/h3-15H,16H2,1-2H3,(H,27,30)/b26-15+. The first-order chi connectivity index (χ1) is 15.5. The quantitative estimate of drug-likeness (QED) is 0.268. The van der Waals surface area contributed by atoms with Crippen LogP contribution in [0.3, 0.4) is 0 Å². The maximum absolute atomic E-state index is 12.4. The van der Waals surface area contributed by atoms with Gasteiger partial charge in [-0.15, -0.1) is 0 Å². The van der Waals surface area contributed by atoms with E-state index in [0.29, 0.717) is 12.1 Å². The Morgan fingerprint density at radius 2 is 1.72 bits per heavy atom. The summed E-state index contributed by atoms with van der Waals surface area (Å²) in [6.45, 7) is 4.44. The number of nitro benzene ring substituents is 1. The molecule has 4 aromatic rings. The maximum atomic E-state index is 12.4. The van der Waals surface area contributed by atoms with E-state index >= 15 is 0 Å². The lowest BCUT2D eigenvalue weighted by Crippen LogP contribution is -2.18. The number of carbonyl (C=O) groups excluding carboxylic acids is 1. The van der Waals surface area contributed by atoms with E-state index < -0.39 is 4.92 Å². The summed E-state index contributed by atoms with van der Waals surface area (Å²) in [6.07, 6.45) is 1.67. The predicted octanol–water partition coefficient (Wildman–Crippen LogP) is 4.98. The summed E-state index contributed by atoms with van der Waals surface area (Å²) in [5, 5.41) is 16.1. The third-order valence-electron chi connectivity index (χ3n) is 5.52. The van der Waals surface area contributed by atoms with Crippen molar-refractivity contribution in [3.05, 3.63) is 111 Å². The van der Waals surface area contributed by atoms with Gasteiger partial charge in [-0.2, -0.15) is 5.10 Å². The van der Waals surface area contributed by atoms with Crippen LogP contribution in [0.4, 0.5) is 5.69 Å². The number of hydrogen-bond acceptors (Lipinski definition) is 4. The number of non-ortho nitro benzene ring substituents is 1. The monoisotopic (exact) mass is 426 g/mol. The van der Waals surface area contributed by atoms with Crippen LogP contribution in [0, 0.1) is 24.0 Å². The zero-order valence-electron chi connectivity index (χ0n) is 17.8. The van der Waals surface area contributed by atoms with Crippen molar-refractivity contribution < 1.29 is 9.72 Å². The number of nitro groups is 1. The Hall–Kier alpha value is -4.26. The molecule has 0 unspecified atom stereocenters. The summed E-state index contributed by atoms with van der Waals surface area (Å²) in [5.41, 5.74) is 8.03. The molecule has 1 heterocycles. The minimum Gasteiger partial charge on any atom is -0.340 e. The van der Waals surface area contributed by atoms with Crippen LogP contribution in [0.2, 0.25) is 0 Å². The highest BCUT2D eigenvalue weighted by Crippen LogP contribution is 2.26. The van der Waals surface area contributed by atoms with Crippen LogP contribution in [0.25, 0.3) is 10.9 Å². The Labute approximate surface area is 185 Å². The molecule has 0 aliphatic rings. The van der Waals surface area contributed by atoms with Crippen LogP contribution in [0.5, 0.6) is 0 Å². The second-order valence-corrected chi connectivity index (χ2v) is 7.54. The van der Waals surface area contributed by atoms with Gasteiger partial charge in [0.2, 0.25) is 0 Å². The molecule has 7 heteroatoms. The Bertz CT molecular complexity index is 1340. The van der Waals surface area contributed by atoms with Crippen molar-refractivity contribution in [1.29, 1.82) is 0 Å². The van der Waals surface area contributed by atoms with Crippen molar-refractivity contribution in [2.75, 3.05) is 0 Å². The molecule has 0 saturated carbocycles. The molecule has 0 fully saturated rings. The predicted molar refractivity (Wildman–Crippen MR) is 125 cm³/mol. The molecule has 32 heavy (non-hydrogen) atoms. The highest BCUT2D eigenvalue weighted by molar-refractivity contribution is 6.02. The summed E-state index contributed by atoms with van der Waals surface area (Å²) < 4.78 is 2.14. The molecule has 0 atom stereocenters. The van der Waals surface area contributed by atoms with Crippen molar-refractivity contribution in [1.82, 2.24) is 9.99 Å². The van der Waals surface area contributed by atoms with Gasteiger partial charge in [0, 0.05) is 46.4 Å². The first-order valence-corrected chi connectivity index (χ1v) is 10.2. The van der Waals surface area contributed by atoms with E-state index in [1.54, 1.807) is 24.4 Å². The summed E-state index contributed by atoms with van der Waals surface area (Å²) in [6, 6.07) is 21.9. The van der Waals surface area contributed by atoms with E-state index in [9.17, 15) is 14.9 Å². The van der Waals surface area contributed by atoms with Crippen LogP contribution in [-0.2, 0) is 6.54 Å². The van der Waals surface area contributed by atoms with Crippen molar-refractivity contribution in [2.45, 2.75) is 20.4 Å². The minimum atomic E-state index is -0.403. The number of aromatic nitrogens is 1. The van der Waals surface area contributed by atoms with Crippen molar-refractivity contribution in [3.8, 4) is 0 Å². The lowest BCUT2D eigenvalue weighted by atomic mass is 10.1. The molecule has 0 radical (unpaired) electrons. The first kappa shape index (κ1) is 21.0. The number of aryl methyl sites for hydroxylation is 1. The SMILES string of the molecule is Cc1ccccc1C(=O)N/N=C/c1c(C)n(Cc2ccc([N+](=O)[O-])cc2)c2ccccc12. The van der Waals surface area contributed by atoms with E-state index in [4.69, 9.17) is 0 Å². The van der Waals surface area contributed by atoms with Gasteiger partial charge in [-0.3, -0.25) is 14.9 Å². The van der Waals surface area contributed by atoms with Gasteiger partial charge in [0.15, 0.2) is 0 Å². The van der Waals surface area contributed by atoms with E-state index in [2.05, 4.69) is 15.1 Å². The van der Waals surface area contributed by atoms with Crippen LogP contribution < -0.4 is 5.43 Å². The number of nitrogens with zero attached hydrogens (tertiary/aromatic N) is 3. The fourth-order valence-electron chi connectivity index (χ4n) is 3.77. The van der Waals surface area contributed by atoms with Crippen molar-refractivity contribution in [3.63, 3.8) is 0 Å². The molecule has 0 aliphatic carbocycles. The molecule has 1 amide bonds. The van der Waals surface area contributed by atoms with Gasteiger partial charge in [0.25, 0.3) is 11.6 Å². The molecule has 4 rings (SSSR count). The van der Waals surface area contributed by atoms with Crippen LogP contribution in [-0.4, -0.2) is 21.6 Å². The van der Waals surface area contributed by atoms with E-state index in [0.717, 1.165) is 33.3 Å². The smallest absolute Gasteiger partial charge is 0.271 e. The Kier molecular flexibility index (Phi) is 5.81. The number of carbonyl (C=O) groups is 1. The second-order valence-electron chi connectivity index (χ2n) is 7.54. The number of benzene rings is 3. The lowest BCUT2D eigenvalue weighted by Gasteiger charge is -2.08. The van der Waals surface area contributed by atoms with E-state index in [1.807, 2.05) is 56.3 Å². The van der Waals surface area contributed by atoms with Gasteiger partial charge in [-0.1, -0.05) is 48.5 Å². The highest BCUT2D eigenvalue weighted by atomic mass is 16.6. The fourth-order valence-corrected chi connectivity index (χ4v) is 3.77. The average molecular weight is 426 g/mol. The number of hydrogen-bond donors (Lipinski definition) is 1. The number of rotatable bonds is 6. The molecule has 0 saturated heterocycles. The van der Waals surface area contributed by atoms with Gasteiger partial charge in [-0.25, -0.2) is 5.43 Å². The molecule has 1 N–H and O–H groups in total. The third-order valence-corrected chi connectivity index (χ3v) is 5.52. The number of para-hydroxylation sites is 1. The molecule has 0 spiro atoms. The van der Waals surface area contributed by atoms with Gasteiger partial charge >= 0.3 is 0 Å². The van der Waals surface area contributed by atoms with Gasteiger partial charge < -0.3 is 4.57 Å². The van der Waals surface area contributed by atoms with Crippen LogP contribution in [0.1, 0.15) is 32.7 Å². The Balaban J connectivity index is 1.62. The molecule has 1 aromatic heterocycles. The second kappa shape index (κ2) is 8.85. The maximum Gasteiger partial charge on any atom is 0.271 e. The summed E-state index contributed by atoms with van der Waals surface area (Å²) in [7, 11) is 0. The third kappa shape index (κ3) is 4.13. The zero-order chi connectivity index (χ0) is 22.7. The normalized spacial score (nSPS) is 11.2. The Morgan fingerprint density at radius 1 is 1.03 bits per heavy atom. The van der Waals surface area contributed by atoms with Gasteiger partial charge in [0.1, 0.15) is 0 Å². The first-order valence-electron chi connectivity index (χ1n) is 10.2. The average Bonchev–Trinajstić information content (AvgIpc) is 3.05. The highest BCUT2D eigenvalue weighted by Gasteiger charge is 2.14. The van der Waals surface area contributed by atoms with Crippen molar-refractivity contribution in [2.24, 2.45) is 5.10 Å². The topological polar surface area (TPSA) is 89.5 Å². The van der Waals surface area contributed by atoms with Gasteiger partial charge in [-0.05, 0) is 37.1 Å². The number of nitrogens with one attached hydrogen (secondary N) is 1. The minimum absolute atomic E-state index is 0.0695. The summed E-state index contributed by atoms with van der Waals surface area (Å²) in [5.74, 6) is -0.258. The van der Waals surface area contributed by atoms with Crippen LogP contribution in [0.15, 0.2) is 77.9 Å². The largest absolute Gasteiger partial charge is 0.340 e. The molecule has 0 aliphatic heterocycles. The fraction of sp³-hybridized carbons (Fsp3) is 0.120. The molecule has 0 bridgehead atoms. The van der Waals surface area contributed by atoms with Crippen molar-refractivity contribution >= 4 is 28.7 Å². The molecule has 160 valence electrons. The summed E-state index contributed by atoms with van der Waals surface area (Å²) >= 11 is 0. The summed E-state index contributed by atoms with van der Waals surface area (Å²) in [4.78, 5) is 23.0. The molecular formula is C25H22N4O3. The molecule has 3 aromatic carbocycles. The van der Waals surface area contributed by atoms with Crippen LogP contribution >= 0.6 is 0 Å². The molecule has 7 nitrogen and oxygen atoms in total. The number of hydrazone groups is 1. The lowest BCUT2D eigenvalue weighted by molar-refractivity contribution is -0.384. The zero-order valence-corrected chi connectivity index (χ0v) is 17.8. The van der Waals surface area contributed by atoms with E-state index in [1.165, 1.54) is 12.1 Å². The number of fused-ring (bicyclic) bond motifs is 1. The Morgan fingerprint density at radius 3 is 2.44 bits per heavy atom. The van der Waals surface area contributed by atoms with Gasteiger partial charge in [0.05, 0.1) is 11.1 Å². The molecular weight excluding hydrogens is 404 g/mol. The van der Waals surface area contributed by atoms with E-state index in [-0.39, 0.29) is 11.6 Å².